The van der Waals surface area contributed by atoms with E-state index in [4.69, 9.17) is 9.47 Å². The third kappa shape index (κ3) is 7.83. The average molecular weight is 408 g/mol. The lowest BCUT2D eigenvalue weighted by atomic mass is 10.1. The van der Waals surface area contributed by atoms with Crippen molar-refractivity contribution in [1.29, 1.82) is 0 Å². The van der Waals surface area contributed by atoms with Crippen LogP contribution in [0.15, 0.2) is 4.99 Å². The molecule has 2 aliphatic heterocycles. The number of ether oxygens (including phenoxy) is 2. The third-order valence-electron chi connectivity index (χ3n) is 4.99. The van der Waals surface area contributed by atoms with E-state index in [0.717, 1.165) is 39.3 Å². The molecule has 10 heteroatoms. The van der Waals surface area contributed by atoms with Crippen molar-refractivity contribution in [3.8, 4) is 0 Å². The largest absolute Gasteiger partial charge is 0.406 e. The molecule has 2 heterocycles. The minimum atomic E-state index is -4.41. The van der Waals surface area contributed by atoms with Crippen LogP contribution >= 0.6 is 0 Å². The number of aliphatic imine (C=N–C) groups is 1. The van der Waals surface area contributed by atoms with Crippen molar-refractivity contribution in [3.05, 3.63) is 0 Å². The number of carbonyl (C=O) groups is 1. The summed E-state index contributed by atoms with van der Waals surface area (Å²) < 4.78 is 48.8. The normalized spacial score (nSPS) is 22.2. The Balaban J connectivity index is 1.68. The highest BCUT2D eigenvalue weighted by Gasteiger charge is 2.31. The zero-order valence-electron chi connectivity index (χ0n) is 16.6. The molecule has 0 aliphatic carbocycles. The molecule has 1 unspecified atom stereocenters. The van der Waals surface area contributed by atoms with Crippen molar-refractivity contribution in [2.24, 2.45) is 4.99 Å². The van der Waals surface area contributed by atoms with Crippen LogP contribution in [0.4, 0.5) is 13.2 Å². The standard InChI is InChI=1S/C18H31F3N4O3/c1-22-17(23-11-16(26)24(2)13-18(19,20)21)25-8-6-14(7-9-25)28-12-15-5-3-4-10-27-15/h14-15H,3-13H2,1-2H3,(H,22,23). The van der Waals surface area contributed by atoms with Crippen LogP contribution in [-0.4, -0.2) is 93.5 Å². The van der Waals surface area contributed by atoms with Crippen LogP contribution in [0.3, 0.4) is 0 Å². The summed E-state index contributed by atoms with van der Waals surface area (Å²) in [5.41, 5.74) is 0. The van der Waals surface area contributed by atoms with Gasteiger partial charge in [-0.25, -0.2) is 0 Å². The fourth-order valence-corrected chi connectivity index (χ4v) is 3.40. The fraction of sp³-hybridized carbons (Fsp3) is 0.889. The van der Waals surface area contributed by atoms with Crippen molar-refractivity contribution in [1.82, 2.24) is 15.1 Å². The van der Waals surface area contributed by atoms with Crippen LogP contribution in [0.1, 0.15) is 32.1 Å². The number of likely N-dealkylation sites (N-methyl/N-ethyl adjacent to an activating group) is 1. The van der Waals surface area contributed by atoms with E-state index in [1.807, 2.05) is 4.90 Å². The highest BCUT2D eigenvalue weighted by atomic mass is 19.4. The predicted octanol–water partition coefficient (Wildman–Crippen LogP) is 1.63. The number of carbonyl (C=O) groups excluding carboxylic acids is 1. The van der Waals surface area contributed by atoms with Crippen LogP contribution < -0.4 is 5.32 Å². The van der Waals surface area contributed by atoms with Gasteiger partial charge in [-0.3, -0.25) is 9.79 Å². The zero-order valence-corrected chi connectivity index (χ0v) is 16.6. The van der Waals surface area contributed by atoms with E-state index in [2.05, 4.69) is 10.3 Å². The summed E-state index contributed by atoms with van der Waals surface area (Å²) in [6.45, 7) is 1.36. The molecule has 0 aromatic carbocycles. The molecule has 0 spiro atoms. The summed E-state index contributed by atoms with van der Waals surface area (Å²) in [6.07, 6.45) is 0.967. The quantitative estimate of drug-likeness (QED) is 0.535. The lowest BCUT2D eigenvalue weighted by Crippen LogP contribution is -2.50. The second kappa shape index (κ2) is 10.8. The molecule has 162 valence electrons. The van der Waals surface area contributed by atoms with E-state index in [-0.39, 0.29) is 18.8 Å². The van der Waals surface area contributed by atoms with E-state index in [1.54, 1.807) is 7.05 Å². The van der Waals surface area contributed by atoms with Gasteiger partial charge in [-0.1, -0.05) is 0 Å². The number of alkyl halides is 3. The lowest BCUT2D eigenvalue weighted by Gasteiger charge is -2.35. The van der Waals surface area contributed by atoms with Gasteiger partial charge >= 0.3 is 6.18 Å². The van der Waals surface area contributed by atoms with Crippen molar-refractivity contribution in [3.63, 3.8) is 0 Å². The minimum absolute atomic E-state index is 0.166. The number of nitrogens with one attached hydrogen (secondary N) is 1. The number of amides is 1. The number of likely N-dealkylation sites (tertiary alicyclic amines) is 1. The molecule has 1 amide bonds. The Bertz CT molecular complexity index is 517. The summed E-state index contributed by atoms with van der Waals surface area (Å²) in [6, 6.07) is 0. The molecule has 0 aromatic rings. The maximum absolute atomic E-state index is 12.4. The monoisotopic (exact) mass is 408 g/mol. The molecular weight excluding hydrogens is 377 g/mol. The molecule has 7 nitrogen and oxygen atoms in total. The predicted molar refractivity (Wildman–Crippen MR) is 99.2 cm³/mol. The number of hydrogen-bond donors (Lipinski definition) is 1. The molecule has 1 atom stereocenters. The molecule has 2 rings (SSSR count). The van der Waals surface area contributed by atoms with Crippen molar-refractivity contribution < 1.29 is 27.4 Å². The summed E-state index contributed by atoms with van der Waals surface area (Å²) >= 11 is 0. The Morgan fingerprint density at radius 2 is 2.00 bits per heavy atom. The number of piperidine rings is 1. The molecule has 0 bridgehead atoms. The first-order valence-corrected chi connectivity index (χ1v) is 9.78. The second-order valence-electron chi connectivity index (χ2n) is 7.27. The van der Waals surface area contributed by atoms with Gasteiger partial charge in [0, 0.05) is 33.8 Å². The van der Waals surface area contributed by atoms with Gasteiger partial charge in [0.05, 0.1) is 25.4 Å². The van der Waals surface area contributed by atoms with Gasteiger partial charge in [0.15, 0.2) is 5.96 Å². The molecular formula is C18H31F3N4O3. The average Bonchev–Trinajstić information content (AvgIpc) is 2.67. The first kappa shape index (κ1) is 22.7. The number of rotatable bonds is 6. The van der Waals surface area contributed by atoms with Gasteiger partial charge in [-0.2, -0.15) is 13.2 Å². The van der Waals surface area contributed by atoms with Gasteiger partial charge < -0.3 is 24.6 Å². The maximum atomic E-state index is 12.4. The Hall–Kier alpha value is -1.55. The summed E-state index contributed by atoms with van der Waals surface area (Å²) in [7, 11) is 2.73. The second-order valence-corrected chi connectivity index (χ2v) is 7.27. The van der Waals surface area contributed by atoms with E-state index >= 15 is 0 Å². The highest BCUT2D eigenvalue weighted by Crippen LogP contribution is 2.18. The van der Waals surface area contributed by atoms with Crippen LogP contribution in [0, 0.1) is 0 Å². The number of guanidine groups is 1. The van der Waals surface area contributed by atoms with E-state index in [0.29, 0.717) is 30.6 Å². The summed E-state index contributed by atoms with van der Waals surface area (Å²) in [4.78, 5) is 18.7. The van der Waals surface area contributed by atoms with Crippen molar-refractivity contribution in [2.45, 2.75) is 50.5 Å². The Kier molecular flexibility index (Phi) is 8.81. The lowest BCUT2D eigenvalue weighted by molar-refractivity contribution is -0.157. The molecule has 2 aliphatic rings. The topological polar surface area (TPSA) is 66.4 Å². The minimum Gasteiger partial charge on any atom is -0.376 e. The molecule has 1 N–H and O–H groups in total. The fourth-order valence-electron chi connectivity index (χ4n) is 3.40. The SMILES string of the molecule is CN=C(NCC(=O)N(C)CC(F)(F)F)N1CCC(OCC2CCCCO2)CC1. The number of hydrogen-bond acceptors (Lipinski definition) is 4. The molecule has 0 aromatic heterocycles. The molecule has 0 radical (unpaired) electrons. The van der Waals surface area contributed by atoms with Gasteiger partial charge in [-0.15, -0.1) is 0 Å². The number of halogens is 3. The van der Waals surface area contributed by atoms with Crippen LogP contribution in [-0.2, 0) is 14.3 Å². The zero-order chi connectivity index (χ0) is 20.6. The third-order valence-corrected chi connectivity index (χ3v) is 4.99. The first-order valence-electron chi connectivity index (χ1n) is 9.78. The van der Waals surface area contributed by atoms with E-state index in [1.165, 1.54) is 6.42 Å². The maximum Gasteiger partial charge on any atom is 0.406 e. The number of nitrogens with zero attached hydrogens (tertiary/aromatic N) is 3. The first-order chi connectivity index (χ1) is 13.3. The van der Waals surface area contributed by atoms with Crippen LogP contribution in [0.25, 0.3) is 0 Å². The van der Waals surface area contributed by atoms with Gasteiger partial charge in [0.25, 0.3) is 0 Å². The molecule has 0 saturated carbocycles. The summed E-state index contributed by atoms with van der Waals surface area (Å²) in [5.74, 6) is -0.119. The molecule has 28 heavy (non-hydrogen) atoms. The van der Waals surface area contributed by atoms with Gasteiger partial charge in [0.1, 0.15) is 6.54 Å². The van der Waals surface area contributed by atoms with Crippen LogP contribution in [0.5, 0.6) is 0 Å². The summed E-state index contributed by atoms with van der Waals surface area (Å²) in [5, 5.41) is 2.86. The Morgan fingerprint density at radius 3 is 2.57 bits per heavy atom. The molecule has 2 fully saturated rings. The van der Waals surface area contributed by atoms with E-state index < -0.39 is 18.6 Å². The van der Waals surface area contributed by atoms with E-state index in [9.17, 15) is 18.0 Å². The molecule has 2 saturated heterocycles. The smallest absolute Gasteiger partial charge is 0.376 e. The highest BCUT2D eigenvalue weighted by molar-refractivity contribution is 5.86. The Labute approximate surface area is 164 Å². The van der Waals surface area contributed by atoms with Gasteiger partial charge in [-0.05, 0) is 32.1 Å². The Morgan fingerprint density at radius 1 is 1.29 bits per heavy atom. The van der Waals surface area contributed by atoms with Crippen molar-refractivity contribution in [2.75, 3.05) is 53.5 Å². The van der Waals surface area contributed by atoms with Crippen LogP contribution in [0.2, 0.25) is 0 Å². The van der Waals surface area contributed by atoms with Gasteiger partial charge in [0.2, 0.25) is 5.91 Å². The van der Waals surface area contributed by atoms with Crippen molar-refractivity contribution >= 4 is 11.9 Å².